The molecule has 0 radical (unpaired) electrons. The lowest BCUT2D eigenvalue weighted by molar-refractivity contribution is -0.141. The number of carbonyl (C=O) groups excluding carboxylic acids is 2. The highest BCUT2D eigenvalue weighted by Gasteiger charge is 2.36. The molecule has 2 N–H and O–H groups in total. The van der Waals surface area contributed by atoms with Crippen molar-refractivity contribution in [3.05, 3.63) is 23.7 Å². The Morgan fingerprint density at radius 3 is 2.80 bits per heavy atom. The minimum Gasteiger partial charge on any atom is -0.475 e. The van der Waals surface area contributed by atoms with Gasteiger partial charge in [0.15, 0.2) is 0 Å². The van der Waals surface area contributed by atoms with Crippen LogP contribution < -0.4 is 5.32 Å². The SMILES string of the molecule is CCC1C(=O)NC(=O)CN1C(C)c1ccc(C(=O)O)o1. The summed E-state index contributed by atoms with van der Waals surface area (Å²) in [7, 11) is 0. The molecule has 7 nitrogen and oxygen atoms in total. The number of imide groups is 1. The molecule has 1 aromatic rings. The summed E-state index contributed by atoms with van der Waals surface area (Å²) in [6.07, 6.45) is 0.552. The Labute approximate surface area is 115 Å². The number of carboxylic acids is 1. The fourth-order valence-electron chi connectivity index (χ4n) is 2.37. The number of nitrogens with one attached hydrogen (secondary N) is 1. The van der Waals surface area contributed by atoms with Crippen LogP contribution in [0.3, 0.4) is 0 Å². The first-order chi connectivity index (χ1) is 9.43. The van der Waals surface area contributed by atoms with E-state index in [-0.39, 0.29) is 30.2 Å². The second-order valence-corrected chi connectivity index (χ2v) is 4.69. The van der Waals surface area contributed by atoms with Gasteiger partial charge in [-0.25, -0.2) is 4.79 Å². The van der Waals surface area contributed by atoms with Gasteiger partial charge in [0, 0.05) is 0 Å². The molecule has 1 fully saturated rings. The third-order valence-corrected chi connectivity index (χ3v) is 3.43. The smallest absolute Gasteiger partial charge is 0.371 e. The number of piperazine rings is 1. The van der Waals surface area contributed by atoms with Gasteiger partial charge in [-0.1, -0.05) is 6.92 Å². The van der Waals surface area contributed by atoms with Crippen molar-refractivity contribution in [3.63, 3.8) is 0 Å². The maximum Gasteiger partial charge on any atom is 0.371 e. The summed E-state index contributed by atoms with van der Waals surface area (Å²) in [6.45, 7) is 3.71. The summed E-state index contributed by atoms with van der Waals surface area (Å²) in [5.41, 5.74) is 0. The van der Waals surface area contributed by atoms with E-state index in [9.17, 15) is 14.4 Å². The van der Waals surface area contributed by atoms with E-state index in [1.807, 2.05) is 6.92 Å². The standard InChI is InChI=1S/C13H16N2O5/c1-3-8-12(17)14-11(16)6-15(8)7(2)9-4-5-10(20-9)13(18)19/h4-5,7-8H,3,6H2,1-2H3,(H,18,19)(H,14,16,17). The molecule has 7 heteroatoms. The number of amides is 2. The van der Waals surface area contributed by atoms with Crippen molar-refractivity contribution < 1.29 is 23.9 Å². The van der Waals surface area contributed by atoms with Gasteiger partial charge in [0.1, 0.15) is 5.76 Å². The van der Waals surface area contributed by atoms with Gasteiger partial charge in [-0.15, -0.1) is 0 Å². The Bertz CT molecular complexity index is 551. The fraction of sp³-hybridized carbons (Fsp3) is 0.462. The molecule has 2 unspecified atom stereocenters. The van der Waals surface area contributed by atoms with Crippen molar-refractivity contribution in [2.75, 3.05) is 6.54 Å². The Morgan fingerprint density at radius 1 is 1.55 bits per heavy atom. The summed E-state index contributed by atoms with van der Waals surface area (Å²) in [4.78, 5) is 35.8. The topological polar surface area (TPSA) is 99.9 Å². The third kappa shape index (κ3) is 2.57. The summed E-state index contributed by atoms with van der Waals surface area (Å²) in [5, 5.41) is 11.1. The van der Waals surface area contributed by atoms with Crippen LogP contribution in [0.2, 0.25) is 0 Å². The highest BCUT2D eigenvalue weighted by atomic mass is 16.4. The zero-order chi connectivity index (χ0) is 14.9. The van der Waals surface area contributed by atoms with E-state index in [1.54, 1.807) is 17.9 Å². The zero-order valence-electron chi connectivity index (χ0n) is 11.3. The molecule has 2 atom stereocenters. The zero-order valence-corrected chi connectivity index (χ0v) is 11.3. The molecule has 1 aliphatic heterocycles. The average Bonchev–Trinajstić information content (AvgIpc) is 2.86. The second-order valence-electron chi connectivity index (χ2n) is 4.69. The molecular formula is C13H16N2O5. The summed E-state index contributed by atoms with van der Waals surface area (Å²) in [5.74, 6) is -1.59. The van der Waals surface area contributed by atoms with Crippen molar-refractivity contribution in [2.24, 2.45) is 0 Å². The number of hydrogen-bond acceptors (Lipinski definition) is 5. The van der Waals surface area contributed by atoms with Crippen molar-refractivity contribution >= 4 is 17.8 Å². The molecule has 1 saturated heterocycles. The van der Waals surface area contributed by atoms with Gasteiger partial charge < -0.3 is 9.52 Å². The van der Waals surface area contributed by atoms with Gasteiger partial charge >= 0.3 is 5.97 Å². The second kappa shape index (κ2) is 5.46. The lowest BCUT2D eigenvalue weighted by atomic mass is 10.1. The number of aromatic carboxylic acids is 1. The predicted octanol–water partition coefficient (Wildman–Crippen LogP) is 0.776. The summed E-state index contributed by atoms with van der Waals surface area (Å²) < 4.78 is 5.24. The molecule has 0 aromatic carbocycles. The van der Waals surface area contributed by atoms with Gasteiger partial charge in [-0.2, -0.15) is 0 Å². The van der Waals surface area contributed by atoms with E-state index in [2.05, 4.69) is 5.32 Å². The minimum absolute atomic E-state index is 0.0779. The normalized spacial score (nSPS) is 21.6. The number of hydrogen-bond donors (Lipinski definition) is 2. The quantitative estimate of drug-likeness (QED) is 0.790. The molecule has 108 valence electrons. The first-order valence-corrected chi connectivity index (χ1v) is 6.36. The molecule has 2 heterocycles. The highest BCUT2D eigenvalue weighted by molar-refractivity contribution is 6.01. The van der Waals surface area contributed by atoms with Crippen LogP contribution in [0.4, 0.5) is 0 Å². The van der Waals surface area contributed by atoms with E-state index < -0.39 is 12.0 Å². The van der Waals surface area contributed by atoms with Crippen LogP contribution in [0.1, 0.15) is 42.6 Å². The molecule has 0 spiro atoms. The molecular weight excluding hydrogens is 264 g/mol. The van der Waals surface area contributed by atoms with E-state index >= 15 is 0 Å². The molecule has 1 aliphatic rings. The lowest BCUT2D eigenvalue weighted by Gasteiger charge is -2.36. The largest absolute Gasteiger partial charge is 0.475 e. The molecule has 0 bridgehead atoms. The molecule has 2 rings (SSSR count). The number of nitrogens with zero attached hydrogens (tertiary/aromatic N) is 1. The molecule has 20 heavy (non-hydrogen) atoms. The number of furan rings is 1. The van der Waals surface area contributed by atoms with E-state index in [1.165, 1.54) is 6.07 Å². The maximum absolute atomic E-state index is 11.8. The average molecular weight is 280 g/mol. The Morgan fingerprint density at radius 2 is 2.25 bits per heavy atom. The van der Waals surface area contributed by atoms with Gasteiger partial charge in [-0.05, 0) is 25.5 Å². The van der Waals surface area contributed by atoms with Gasteiger partial charge in [0.05, 0.1) is 18.6 Å². The van der Waals surface area contributed by atoms with Crippen molar-refractivity contribution in [1.82, 2.24) is 10.2 Å². The molecule has 1 aromatic heterocycles. The highest BCUT2D eigenvalue weighted by Crippen LogP contribution is 2.26. The van der Waals surface area contributed by atoms with Crippen LogP contribution in [0, 0.1) is 0 Å². The third-order valence-electron chi connectivity index (χ3n) is 3.43. The van der Waals surface area contributed by atoms with E-state index in [0.717, 1.165) is 0 Å². The van der Waals surface area contributed by atoms with Gasteiger partial charge in [-0.3, -0.25) is 19.8 Å². The number of rotatable bonds is 4. The summed E-state index contributed by atoms with van der Waals surface area (Å²) >= 11 is 0. The molecule has 0 saturated carbocycles. The lowest BCUT2D eigenvalue weighted by Crippen LogP contribution is -2.58. The van der Waals surface area contributed by atoms with Crippen LogP contribution >= 0.6 is 0 Å². The van der Waals surface area contributed by atoms with Crippen LogP contribution in [-0.2, 0) is 9.59 Å². The molecule has 2 amide bonds. The number of carboxylic acid groups (broad SMARTS) is 1. The van der Waals surface area contributed by atoms with Crippen LogP contribution in [0.15, 0.2) is 16.5 Å². The van der Waals surface area contributed by atoms with E-state index in [4.69, 9.17) is 9.52 Å². The maximum atomic E-state index is 11.8. The Hall–Kier alpha value is -2.15. The Balaban J connectivity index is 2.24. The fourth-order valence-corrected chi connectivity index (χ4v) is 2.37. The van der Waals surface area contributed by atoms with Crippen molar-refractivity contribution in [1.29, 1.82) is 0 Å². The monoisotopic (exact) mass is 280 g/mol. The van der Waals surface area contributed by atoms with Crippen LogP contribution in [0.5, 0.6) is 0 Å². The van der Waals surface area contributed by atoms with Crippen molar-refractivity contribution in [2.45, 2.75) is 32.4 Å². The minimum atomic E-state index is -1.15. The van der Waals surface area contributed by atoms with Gasteiger partial charge in [0.2, 0.25) is 17.6 Å². The Kier molecular flexibility index (Phi) is 3.89. The van der Waals surface area contributed by atoms with Crippen LogP contribution in [0.25, 0.3) is 0 Å². The van der Waals surface area contributed by atoms with Gasteiger partial charge in [0.25, 0.3) is 0 Å². The predicted molar refractivity (Wildman–Crippen MR) is 68.0 cm³/mol. The van der Waals surface area contributed by atoms with E-state index in [0.29, 0.717) is 12.2 Å². The molecule has 0 aliphatic carbocycles. The van der Waals surface area contributed by atoms with Crippen LogP contribution in [-0.4, -0.2) is 40.4 Å². The first-order valence-electron chi connectivity index (χ1n) is 6.36. The summed E-state index contributed by atoms with van der Waals surface area (Å²) in [6, 6.07) is 2.13. The number of carbonyl (C=O) groups is 3. The first kappa shape index (κ1) is 14.3. The van der Waals surface area contributed by atoms with Crippen molar-refractivity contribution in [3.8, 4) is 0 Å².